The van der Waals surface area contributed by atoms with Crippen LogP contribution in [0.2, 0.25) is 0 Å². The van der Waals surface area contributed by atoms with Gasteiger partial charge in [0.2, 0.25) is 0 Å². The highest BCUT2D eigenvalue weighted by molar-refractivity contribution is 7.99. The van der Waals surface area contributed by atoms with Crippen molar-refractivity contribution < 1.29 is 14.3 Å². The molecule has 27 heavy (non-hydrogen) atoms. The van der Waals surface area contributed by atoms with Crippen molar-refractivity contribution in [3.8, 4) is 11.5 Å². The van der Waals surface area contributed by atoms with Gasteiger partial charge < -0.3 is 14.8 Å². The summed E-state index contributed by atoms with van der Waals surface area (Å²) in [6, 6.07) is 5.45. The maximum atomic E-state index is 12.8. The summed E-state index contributed by atoms with van der Waals surface area (Å²) in [4.78, 5) is 15.4. The molecule has 0 atom stereocenters. The Morgan fingerprint density at radius 1 is 1.11 bits per heavy atom. The van der Waals surface area contributed by atoms with Crippen LogP contribution in [0.1, 0.15) is 49.9 Å². The number of nitrogens with zero attached hydrogens (tertiary/aromatic N) is 1. The number of carbonyl (C=O) groups excluding carboxylic acids is 1. The molecule has 0 bridgehead atoms. The SMILES string of the molecule is CCOc1ccc(C(=O)NCC2(N3CCSCC3)CCCC2)cc1OCC. The molecular formula is C21H32N2O3S. The summed E-state index contributed by atoms with van der Waals surface area (Å²) < 4.78 is 11.3. The van der Waals surface area contributed by atoms with Crippen LogP contribution in [-0.2, 0) is 0 Å². The lowest BCUT2D eigenvalue weighted by Crippen LogP contribution is -2.56. The Morgan fingerprint density at radius 2 is 1.78 bits per heavy atom. The first kappa shape index (κ1) is 20.3. The van der Waals surface area contributed by atoms with Crippen LogP contribution < -0.4 is 14.8 Å². The second-order valence-corrected chi connectivity index (χ2v) is 8.47. The van der Waals surface area contributed by atoms with E-state index < -0.39 is 0 Å². The highest BCUT2D eigenvalue weighted by Crippen LogP contribution is 2.36. The van der Waals surface area contributed by atoms with Crippen molar-refractivity contribution >= 4 is 17.7 Å². The number of benzene rings is 1. The summed E-state index contributed by atoms with van der Waals surface area (Å²) in [5.74, 6) is 3.69. The Labute approximate surface area is 167 Å². The van der Waals surface area contributed by atoms with Crippen molar-refractivity contribution in [2.24, 2.45) is 0 Å². The molecule has 2 fully saturated rings. The zero-order chi connectivity index (χ0) is 19.1. The van der Waals surface area contributed by atoms with Gasteiger partial charge in [0, 0.05) is 42.2 Å². The Balaban J connectivity index is 1.67. The predicted octanol–water partition coefficient (Wildman–Crippen LogP) is 3.58. The predicted molar refractivity (Wildman–Crippen MR) is 111 cm³/mol. The van der Waals surface area contributed by atoms with E-state index >= 15 is 0 Å². The molecule has 150 valence electrons. The molecule has 1 N–H and O–H groups in total. The van der Waals surface area contributed by atoms with Crippen molar-refractivity contribution in [1.82, 2.24) is 10.2 Å². The summed E-state index contributed by atoms with van der Waals surface area (Å²) in [5.41, 5.74) is 0.772. The normalized spacial score (nSPS) is 19.6. The first-order valence-electron chi connectivity index (χ1n) is 10.2. The van der Waals surface area contributed by atoms with Gasteiger partial charge in [0.25, 0.3) is 5.91 Å². The second-order valence-electron chi connectivity index (χ2n) is 7.24. The van der Waals surface area contributed by atoms with Crippen LogP contribution in [0.25, 0.3) is 0 Å². The summed E-state index contributed by atoms with van der Waals surface area (Å²) >= 11 is 2.03. The fourth-order valence-electron chi connectivity index (χ4n) is 4.21. The van der Waals surface area contributed by atoms with E-state index in [1.54, 1.807) is 6.07 Å². The van der Waals surface area contributed by atoms with E-state index in [0.717, 1.165) is 19.6 Å². The minimum absolute atomic E-state index is 0.0309. The quantitative estimate of drug-likeness (QED) is 0.733. The first-order chi connectivity index (χ1) is 13.2. The largest absolute Gasteiger partial charge is 0.490 e. The summed E-state index contributed by atoms with van der Waals surface area (Å²) in [6.45, 7) is 7.99. The number of amides is 1. The highest BCUT2D eigenvalue weighted by Gasteiger charge is 2.40. The molecule has 0 spiro atoms. The molecule has 5 nitrogen and oxygen atoms in total. The molecule has 1 saturated heterocycles. The number of hydrogen-bond donors (Lipinski definition) is 1. The molecule has 1 aliphatic carbocycles. The lowest BCUT2D eigenvalue weighted by Gasteiger charge is -2.43. The number of thioether (sulfide) groups is 1. The zero-order valence-corrected chi connectivity index (χ0v) is 17.4. The molecule has 0 aromatic heterocycles. The Hall–Kier alpha value is -1.40. The van der Waals surface area contributed by atoms with Crippen LogP contribution in [0.4, 0.5) is 0 Å². The van der Waals surface area contributed by atoms with Crippen molar-refractivity contribution in [3.05, 3.63) is 23.8 Å². The van der Waals surface area contributed by atoms with Gasteiger partial charge in [-0.2, -0.15) is 11.8 Å². The van der Waals surface area contributed by atoms with Crippen LogP contribution in [0.15, 0.2) is 18.2 Å². The smallest absolute Gasteiger partial charge is 0.251 e. The topological polar surface area (TPSA) is 50.8 Å². The van der Waals surface area contributed by atoms with Crippen molar-refractivity contribution in [2.45, 2.75) is 45.1 Å². The summed E-state index contributed by atoms with van der Waals surface area (Å²) in [7, 11) is 0. The standard InChI is InChI=1S/C21H32N2O3S/c1-3-25-18-8-7-17(15-19(18)26-4-2)20(24)22-16-21(9-5-6-10-21)23-11-13-27-14-12-23/h7-8,15H,3-6,9-14,16H2,1-2H3,(H,22,24). The van der Waals surface area contributed by atoms with Gasteiger partial charge in [0.15, 0.2) is 11.5 Å². The molecule has 1 heterocycles. The second kappa shape index (κ2) is 9.69. The Morgan fingerprint density at radius 3 is 2.44 bits per heavy atom. The molecule has 1 aliphatic heterocycles. The molecule has 0 radical (unpaired) electrons. The lowest BCUT2D eigenvalue weighted by molar-refractivity contribution is 0.0817. The number of nitrogens with one attached hydrogen (secondary N) is 1. The van der Waals surface area contributed by atoms with Crippen LogP contribution >= 0.6 is 11.8 Å². The van der Waals surface area contributed by atoms with Gasteiger partial charge >= 0.3 is 0 Å². The minimum atomic E-state index is -0.0309. The van der Waals surface area contributed by atoms with Gasteiger partial charge in [-0.05, 0) is 44.9 Å². The maximum absolute atomic E-state index is 12.8. The van der Waals surface area contributed by atoms with E-state index in [-0.39, 0.29) is 11.4 Å². The monoisotopic (exact) mass is 392 g/mol. The summed E-state index contributed by atoms with van der Waals surface area (Å²) in [5, 5.41) is 3.22. The van der Waals surface area contributed by atoms with Crippen molar-refractivity contribution in [1.29, 1.82) is 0 Å². The molecule has 1 aromatic carbocycles. The number of ether oxygens (including phenoxy) is 2. The average molecular weight is 393 g/mol. The van der Waals surface area contributed by atoms with E-state index in [2.05, 4.69) is 10.2 Å². The fourth-order valence-corrected chi connectivity index (χ4v) is 5.12. The van der Waals surface area contributed by atoms with E-state index in [4.69, 9.17) is 9.47 Å². The fraction of sp³-hybridized carbons (Fsp3) is 0.667. The highest BCUT2D eigenvalue weighted by atomic mass is 32.2. The molecule has 3 rings (SSSR count). The van der Waals surface area contributed by atoms with E-state index in [1.807, 2.05) is 37.7 Å². The van der Waals surface area contributed by atoms with Crippen LogP contribution in [0, 0.1) is 0 Å². The van der Waals surface area contributed by atoms with Crippen molar-refractivity contribution in [2.75, 3.05) is 44.4 Å². The van der Waals surface area contributed by atoms with Crippen LogP contribution in [0.3, 0.4) is 0 Å². The van der Waals surface area contributed by atoms with E-state index in [9.17, 15) is 4.79 Å². The van der Waals surface area contributed by atoms with Gasteiger partial charge in [0.05, 0.1) is 13.2 Å². The minimum Gasteiger partial charge on any atom is -0.490 e. The van der Waals surface area contributed by atoms with Crippen LogP contribution in [-0.4, -0.2) is 60.7 Å². The zero-order valence-electron chi connectivity index (χ0n) is 16.6. The third kappa shape index (κ3) is 4.91. The van der Waals surface area contributed by atoms with Gasteiger partial charge in [-0.15, -0.1) is 0 Å². The van der Waals surface area contributed by atoms with E-state index in [1.165, 1.54) is 37.2 Å². The molecule has 1 amide bonds. The van der Waals surface area contributed by atoms with E-state index in [0.29, 0.717) is 30.3 Å². The number of hydrogen-bond acceptors (Lipinski definition) is 5. The molecular weight excluding hydrogens is 360 g/mol. The molecule has 2 aliphatic rings. The van der Waals surface area contributed by atoms with Crippen molar-refractivity contribution in [3.63, 3.8) is 0 Å². The van der Waals surface area contributed by atoms with Crippen LogP contribution in [0.5, 0.6) is 11.5 Å². The Bertz CT molecular complexity index is 626. The molecule has 1 saturated carbocycles. The number of carbonyl (C=O) groups is 1. The maximum Gasteiger partial charge on any atom is 0.251 e. The lowest BCUT2D eigenvalue weighted by atomic mass is 9.94. The molecule has 0 unspecified atom stereocenters. The third-order valence-electron chi connectivity index (χ3n) is 5.60. The van der Waals surface area contributed by atoms with Gasteiger partial charge in [-0.1, -0.05) is 12.8 Å². The summed E-state index contributed by atoms with van der Waals surface area (Å²) in [6.07, 6.45) is 4.89. The molecule has 6 heteroatoms. The van der Waals surface area contributed by atoms with Gasteiger partial charge in [0.1, 0.15) is 0 Å². The number of rotatable bonds is 8. The average Bonchev–Trinajstić information content (AvgIpc) is 3.19. The van der Waals surface area contributed by atoms with Gasteiger partial charge in [-0.3, -0.25) is 9.69 Å². The Kier molecular flexibility index (Phi) is 7.30. The first-order valence-corrected chi connectivity index (χ1v) is 11.3. The van der Waals surface area contributed by atoms with Gasteiger partial charge in [-0.25, -0.2) is 0 Å². The molecule has 1 aromatic rings. The third-order valence-corrected chi connectivity index (χ3v) is 6.54.